The van der Waals surface area contributed by atoms with Gasteiger partial charge in [-0.2, -0.15) is 0 Å². The topological polar surface area (TPSA) is 40.5 Å². The van der Waals surface area contributed by atoms with Gasteiger partial charge in [0.25, 0.3) is 0 Å². The van der Waals surface area contributed by atoms with Crippen molar-refractivity contribution in [1.29, 1.82) is 0 Å². The first kappa shape index (κ1) is 14.2. The number of aliphatic carboxylic acids is 1. The van der Waals surface area contributed by atoms with Gasteiger partial charge >= 0.3 is 5.97 Å². The van der Waals surface area contributed by atoms with Gasteiger partial charge < -0.3 is 5.11 Å². The second-order valence-corrected chi connectivity index (χ2v) is 5.04. The summed E-state index contributed by atoms with van der Waals surface area (Å²) in [5, 5.41) is 9.03. The predicted molar refractivity (Wildman–Crippen MR) is 72.2 cm³/mol. The van der Waals surface area contributed by atoms with Crippen LogP contribution in [0.4, 0.5) is 0 Å². The van der Waals surface area contributed by atoms with Gasteiger partial charge in [0.05, 0.1) is 0 Å². The van der Waals surface area contributed by atoms with Crippen molar-refractivity contribution >= 4 is 21.9 Å². The third kappa shape index (κ3) is 4.48. The summed E-state index contributed by atoms with van der Waals surface area (Å²) in [7, 11) is 1.86. The quantitative estimate of drug-likeness (QED) is 0.878. The predicted octanol–water partition coefficient (Wildman–Crippen LogP) is 2.79. The summed E-state index contributed by atoms with van der Waals surface area (Å²) in [4.78, 5) is 12.9. The Morgan fingerprint density at radius 3 is 2.47 bits per heavy atom. The van der Waals surface area contributed by atoms with Crippen LogP contribution < -0.4 is 0 Å². The molecule has 17 heavy (non-hydrogen) atoms. The van der Waals surface area contributed by atoms with E-state index in [1.165, 1.54) is 5.56 Å². The fourth-order valence-corrected chi connectivity index (χ4v) is 2.05. The number of carbonyl (C=O) groups is 1. The van der Waals surface area contributed by atoms with Crippen LogP contribution in [-0.4, -0.2) is 35.6 Å². The Hall–Kier alpha value is -0.870. The summed E-state index contributed by atoms with van der Waals surface area (Å²) in [6.45, 7) is 2.65. The zero-order valence-electron chi connectivity index (χ0n) is 10.2. The average molecular weight is 300 g/mol. The molecule has 0 aliphatic heterocycles. The average Bonchev–Trinajstić information content (AvgIpc) is 2.28. The van der Waals surface area contributed by atoms with Gasteiger partial charge in [-0.1, -0.05) is 35.0 Å². The molecule has 1 N–H and O–H groups in total. The number of rotatable bonds is 6. The second-order valence-electron chi connectivity index (χ2n) is 4.12. The van der Waals surface area contributed by atoms with Crippen LogP contribution in [0.25, 0.3) is 0 Å². The number of carboxylic acids is 1. The Labute approximate surface area is 111 Å². The van der Waals surface area contributed by atoms with Crippen molar-refractivity contribution < 1.29 is 9.90 Å². The summed E-state index contributed by atoms with van der Waals surface area (Å²) < 4.78 is 1.06. The Kier molecular flexibility index (Phi) is 5.65. The first-order valence-electron chi connectivity index (χ1n) is 5.72. The van der Waals surface area contributed by atoms with E-state index in [1.54, 1.807) is 0 Å². The van der Waals surface area contributed by atoms with E-state index in [2.05, 4.69) is 28.1 Å². The van der Waals surface area contributed by atoms with E-state index in [9.17, 15) is 4.79 Å². The summed E-state index contributed by atoms with van der Waals surface area (Å²) in [5.41, 5.74) is 1.22. The van der Waals surface area contributed by atoms with Crippen molar-refractivity contribution in [2.45, 2.75) is 25.8 Å². The van der Waals surface area contributed by atoms with Crippen LogP contribution in [0.3, 0.4) is 0 Å². The molecule has 0 spiro atoms. The summed E-state index contributed by atoms with van der Waals surface area (Å²) in [5.74, 6) is -0.745. The molecule has 1 atom stereocenters. The lowest BCUT2D eigenvalue weighted by molar-refractivity contribution is -0.142. The normalized spacial score (nSPS) is 12.7. The Balaban J connectivity index is 2.49. The van der Waals surface area contributed by atoms with Crippen LogP contribution in [0.1, 0.15) is 18.9 Å². The Morgan fingerprint density at radius 1 is 1.41 bits per heavy atom. The Bertz CT molecular complexity index is 364. The molecule has 0 aromatic heterocycles. The zero-order chi connectivity index (χ0) is 12.8. The van der Waals surface area contributed by atoms with Crippen molar-refractivity contribution in [3.8, 4) is 0 Å². The first-order valence-corrected chi connectivity index (χ1v) is 6.51. The fraction of sp³-hybridized carbons (Fsp3) is 0.462. The van der Waals surface area contributed by atoms with E-state index in [-0.39, 0.29) is 6.04 Å². The fourth-order valence-electron chi connectivity index (χ4n) is 1.79. The van der Waals surface area contributed by atoms with E-state index in [0.717, 1.165) is 17.4 Å². The molecule has 0 bridgehead atoms. The van der Waals surface area contributed by atoms with Crippen LogP contribution in [0.2, 0.25) is 0 Å². The van der Waals surface area contributed by atoms with E-state index < -0.39 is 5.97 Å². The lowest BCUT2D eigenvalue weighted by Gasteiger charge is -2.23. The SMILES string of the molecule is CCC(C(=O)O)N(C)CCc1ccc(Br)cc1. The molecule has 0 aliphatic rings. The lowest BCUT2D eigenvalue weighted by atomic mass is 10.1. The van der Waals surface area contributed by atoms with Crippen molar-refractivity contribution in [2.75, 3.05) is 13.6 Å². The van der Waals surface area contributed by atoms with E-state index in [0.29, 0.717) is 6.42 Å². The molecule has 0 saturated heterocycles. The van der Waals surface area contributed by atoms with Gasteiger partial charge in [-0.05, 0) is 37.6 Å². The van der Waals surface area contributed by atoms with E-state index in [4.69, 9.17) is 5.11 Å². The van der Waals surface area contributed by atoms with Crippen LogP contribution in [0.5, 0.6) is 0 Å². The monoisotopic (exact) mass is 299 g/mol. The van der Waals surface area contributed by atoms with Gasteiger partial charge in [0.2, 0.25) is 0 Å². The number of nitrogens with zero attached hydrogens (tertiary/aromatic N) is 1. The molecule has 0 radical (unpaired) electrons. The molecular formula is C13H18BrNO2. The molecule has 1 aromatic rings. The van der Waals surface area contributed by atoms with Gasteiger partial charge in [0.1, 0.15) is 6.04 Å². The minimum absolute atomic E-state index is 0.384. The van der Waals surface area contributed by atoms with Gasteiger partial charge in [-0.15, -0.1) is 0 Å². The molecule has 3 nitrogen and oxygen atoms in total. The standard InChI is InChI=1S/C13H18BrNO2/c1-3-12(13(16)17)15(2)9-8-10-4-6-11(14)7-5-10/h4-7,12H,3,8-9H2,1-2H3,(H,16,17). The summed E-state index contributed by atoms with van der Waals surface area (Å²) >= 11 is 3.39. The number of carboxylic acid groups (broad SMARTS) is 1. The minimum Gasteiger partial charge on any atom is -0.480 e. The van der Waals surface area contributed by atoms with Crippen LogP contribution in [-0.2, 0) is 11.2 Å². The molecule has 4 heteroatoms. The van der Waals surface area contributed by atoms with Crippen molar-refractivity contribution in [1.82, 2.24) is 4.90 Å². The largest absolute Gasteiger partial charge is 0.480 e. The van der Waals surface area contributed by atoms with Crippen LogP contribution >= 0.6 is 15.9 Å². The highest BCUT2D eigenvalue weighted by atomic mass is 79.9. The molecular weight excluding hydrogens is 282 g/mol. The minimum atomic E-state index is -0.745. The first-order chi connectivity index (χ1) is 8.04. The highest BCUT2D eigenvalue weighted by molar-refractivity contribution is 9.10. The highest BCUT2D eigenvalue weighted by Crippen LogP contribution is 2.11. The molecule has 0 amide bonds. The number of likely N-dealkylation sites (N-methyl/N-ethyl adjacent to an activating group) is 1. The smallest absolute Gasteiger partial charge is 0.320 e. The zero-order valence-corrected chi connectivity index (χ0v) is 11.8. The third-order valence-electron chi connectivity index (χ3n) is 2.87. The van der Waals surface area contributed by atoms with E-state index >= 15 is 0 Å². The maximum Gasteiger partial charge on any atom is 0.320 e. The molecule has 94 valence electrons. The molecule has 0 aliphatic carbocycles. The number of halogens is 1. The third-order valence-corrected chi connectivity index (χ3v) is 3.40. The molecule has 0 saturated carbocycles. The van der Waals surface area contributed by atoms with Crippen LogP contribution in [0, 0.1) is 0 Å². The maximum absolute atomic E-state index is 11.0. The molecule has 1 rings (SSSR count). The van der Waals surface area contributed by atoms with Crippen molar-refractivity contribution in [3.05, 3.63) is 34.3 Å². The van der Waals surface area contributed by atoms with Gasteiger partial charge in [-0.25, -0.2) is 0 Å². The van der Waals surface area contributed by atoms with Crippen molar-refractivity contribution in [2.24, 2.45) is 0 Å². The molecule has 1 unspecified atom stereocenters. The summed E-state index contributed by atoms with van der Waals surface area (Å²) in [6.07, 6.45) is 1.50. The lowest BCUT2D eigenvalue weighted by Crippen LogP contribution is -2.39. The molecule has 0 fully saturated rings. The number of hydrogen-bond acceptors (Lipinski definition) is 2. The number of benzene rings is 1. The Morgan fingerprint density at radius 2 is 2.00 bits per heavy atom. The molecule has 1 aromatic carbocycles. The van der Waals surface area contributed by atoms with E-state index in [1.807, 2.05) is 31.0 Å². The van der Waals surface area contributed by atoms with Crippen LogP contribution in [0.15, 0.2) is 28.7 Å². The maximum atomic E-state index is 11.0. The van der Waals surface area contributed by atoms with Gasteiger partial charge in [-0.3, -0.25) is 9.69 Å². The second kappa shape index (κ2) is 6.77. The van der Waals surface area contributed by atoms with Crippen molar-refractivity contribution in [3.63, 3.8) is 0 Å². The number of hydrogen-bond donors (Lipinski definition) is 1. The highest BCUT2D eigenvalue weighted by Gasteiger charge is 2.19. The summed E-state index contributed by atoms with van der Waals surface area (Å²) in [6, 6.07) is 7.73. The molecule has 0 heterocycles. The van der Waals surface area contributed by atoms with Gasteiger partial charge in [0, 0.05) is 11.0 Å². The van der Waals surface area contributed by atoms with Gasteiger partial charge in [0.15, 0.2) is 0 Å².